The van der Waals surface area contributed by atoms with Gasteiger partial charge in [0.05, 0.1) is 6.61 Å². The van der Waals surface area contributed by atoms with Gasteiger partial charge in [-0.2, -0.15) is 0 Å². The predicted octanol–water partition coefficient (Wildman–Crippen LogP) is 0.644. The van der Waals surface area contributed by atoms with Crippen LogP contribution in [0.4, 0.5) is 0 Å². The molecule has 0 fully saturated rings. The number of esters is 1. The normalized spacial score (nSPS) is 14.3. The van der Waals surface area contributed by atoms with Gasteiger partial charge in [0, 0.05) is 0 Å². The predicted molar refractivity (Wildman–Crippen MR) is 54.0 cm³/mol. The second-order valence-electron chi connectivity index (χ2n) is 3.05. The highest BCUT2D eigenvalue weighted by molar-refractivity contribution is 5.75. The van der Waals surface area contributed by atoms with Crippen molar-refractivity contribution < 1.29 is 19.7 Å². The number of carbonyl (C=O) groups excluding carboxylic acids is 1. The Morgan fingerprint density at radius 1 is 1.33 bits per heavy atom. The Kier molecular flexibility index (Phi) is 4.27. The molecule has 2 atom stereocenters. The van der Waals surface area contributed by atoms with Gasteiger partial charge in [-0.15, -0.1) is 0 Å². The first-order chi connectivity index (χ1) is 7.16. The summed E-state index contributed by atoms with van der Waals surface area (Å²) >= 11 is 0. The van der Waals surface area contributed by atoms with Crippen LogP contribution in [0.2, 0.25) is 0 Å². The minimum absolute atomic E-state index is 0.178. The summed E-state index contributed by atoms with van der Waals surface area (Å²) < 4.78 is 4.60. The number of aliphatic hydroxyl groups excluding tert-OH is 2. The third-order valence-corrected chi connectivity index (χ3v) is 1.97. The summed E-state index contributed by atoms with van der Waals surface area (Å²) in [7, 11) is 0. The second-order valence-corrected chi connectivity index (χ2v) is 3.05. The van der Waals surface area contributed by atoms with Crippen LogP contribution in [-0.2, 0) is 9.53 Å². The average Bonchev–Trinajstić information content (AvgIpc) is 2.28. The minimum atomic E-state index is -1.53. The molecule has 0 heterocycles. The Morgan fingerprint density at radius 3 is 2.47 bits per heavy atom. The number of hydrogen-bond acceptors (Lipinski definition) is 4. The van der Waals surface area contributed by atoms with E-state index in [1.54, 1.807) is 37.3 Å². The van der Waals surface area contributed by atoms with Gasteiger partial charge in [-0.25, -0.2) is 4.79 Å². The molecular weight excluding hydrogens is 196 g/mol. The van der Waals surface area contributed by atoms with E-state index in [0.29, 0.717) is 5.56 Å². The van der Waals surface area contributed by atoms with E-state index in [2.05, 4.69) is 4.74 Å². The second kappa shape index (κ2) is 5.48. The Bertz CT molecular complexity index is 310. The molecule has 4 heteroatoms. The van der Waals surface area contributed by atoms with Gasteiger partial charge >= 0.3 is 5.97 Å². The van der Waals surface area contributed by atoms with Crippen molar-refractivity contribution in [2.45, 2.75) is 19.1 Å². The van der Waals surface area contributed by atoms with Crippen molar-refractivity contribution in [1.29, 1.82) is 0 Å². The van der Waals surface area contributed by atoms with E-state index >= 15 is 0 Å². The quantitative estimate of drug-likeness (QED) is 0.716. The minimum Gasteiger partial charge on any atom is -0.464 e. The first-order valence-electron chi connectivity index (χ1n) is 4.74. The first kappa shape index (κ1) is 11.7. The molecule has 0 aliphatic heterocycles. The van der Waals surface area contributed by atoms with Crippen molar-refractivity contribution in [2.75, 3.05) is 6.61 Å². The van der Waals surface area contributed by atoms with Crippen molar-refractivity contribution in [2.24, 2.45) is 0 Å². The SMILES string of the molecule is CCOC(=O)C(O)C(O)c1ccccc1. The third-order valence-electron chi connectivity index (χ3n) is 1.97. The fourth-order valence-electron chi connectivity index (χ4n) is 1.19. The Balaban J connectivity index is 2.68. The van der Waals surface area contributed by atoms with Crippen LogP contribution in [-0.4, -0.2) is 28.9 Å². The van der Waals surface area contributed by atoms with Crippen LogP contribution in [0.25, 0.3) is 0 Å². The molecule has 2 N–H and O–H groups in total. The Labute approximate surface area is 88.1 Å². The summed E-state index contributed by atoms with van der Waals surface area (Å²) in [5, 5.41) is 19.1. The van der Waals surface area contributed by atoms with Crippen LogP contribution >= 0.6 is 0 Å². The number of benzene rings is 1. The average molecular weight is 210 g/mol. The van der Waals surface area contributed by atoms with Gasteiger partial charge in [0.2, 0.25) is 0 Å². The van der Waals surface area contributed by atoms with E-state index in [4.69, 9.17) is 0 Å². The first-order valence-corrected chi connectivity index (χ1v) is 4.74. The standard InChI is InChI=1S/C11H14O4/c1-2-15-11(14)10(13)9(12)8-6-4-3-5-7-8/h3-7,9-10,12-13H,2H2,1H3. The number of ether oxygens (including phenoxy) is 1. The number of hydrogen-bond donors (Lipinski definition) is 2. The van der Waals surface area contributed by atoms with Crippen molar-refractivity contribution in [1.82, 2.24) is 0 Å². The van der Waals surface area contributed by atoms with E-state index in [0.717, 1.165) is 0 Å². The molecule has 0 saturated carbocycles. The molecular formula is C11H14O4. The molecule has 0 spiro atoms. The van der Waals surface area contributed by atoms with Crippen LogP contribution in [0.15, 0.2) is 30.3 Å². The van der Waals surface area contributed by atoms with Crippen LogP contribution < -0.4 is 0 Å². The van der Waals surface area contributed by atoms with Crippen molar-refractivity contribution >= 4 is 5.97 Å². The Hall–Kier alpha value is -1.39. The van der Waals surface area contributed by atoms with Crippen molar-refractivity contribution in [3.63, 3.8) is 0 Å². The molecule has 4 nitrogen and oxygen atoms in total. The maximum absolute atomic E-state index is 11.1. The van der Waals surface area contributed by atoms with Crippen LogP contribution in [0.3, 0.4) is 0 Å². The lowest BCUT2D eigenvalue weighted by Crippen LogP contribution is -2.29. The van der Waals surface area contributed by atoms with E-state index in [1.165, 1.54) is 0 Å². The van der Waals surface area contributed by atoms with Gasteiger partial charge in [0.25, 0.3) is 0 Å². The molecule has 1 aromatic carbocycles. The van der Waals surface area contributed by atoms with Crippen LogP contribution in [0, 0.1) is 0 Å². The van der Waals surface area contributed by atoms with Gasteiger partial charge in [0.15, 0.2) is 6.10 Å². The van der Waals surface area contributed by atoms with Gasteiger partial charge in [0.1, 0.15) is 6.10 Å². The van der Waals surface area contributed by atoms with E-state index in [-0.39, 0.29) is 6.61 Å². The summed E-state index contributed by atoms with van der Waals surface area (Å²) in [6.45, 7) is 1.82. The lowest BCUT2D eigenvalue weighted by Gasteiger charge is -2.16. The maximum Gasteiger partial charge on any atom is 0.338 e. The maximum atomic E-state index is 11.1. The molecule has 1 aromatic rings. The molecule has 0 saturated heterocycles. The fourth-order valence-corrected chi connectivity index (χ4v) is 1.19. The largest absolute Gasteiger partial charge is 0.464 e. The van der Waals surface area contributed by atoms with Gasteiger partial charge in [-0.05, 0) is 12.5 Å². The zero-order chi connectivity index (χ0) is 11.3. The summed E-state index contributed by atoms with van der Waals surface area (Å²) in [6.07, 6.45) is -2.78. The van der Waals surface area contributed by atoms with E-state index < -0.39 is 18.2 Å². The monoisotopic (exact) mass is 210 g/mol. The lowest BCUT2D eigenvalue weighted by molar-refractivity contribution is -0.159. The molecule has 0 aliphatic rings. The molecule has 0 amide bonds. The smallest absolute Gasteiger partial charge is 0.338 e. The van der Waals surface area contributed by atoms with Crippen molar-refractivity contribution in [3.8, 4) is 0 Å². The molecule has 82 valence electrons. The third kappa shape index (κ3) is 3.04. The highest BCUT2D eigenvalue weighted by atomic mass is 16.5. The number of carbonyl (C=O) groups is 1. The van der Waals surface area contributed by atoms with E-state index in [9.17, 15) is 15.0 Å². The summed E-state index contributed by atoms with van der Waals surface area (Å²) in [5.74, 6) is -0.811. The van der Waals surface area contributed by atoms with Gasteiger partial charge in [-0.3, -0.25) is 0 Å². The summed E-state index contributed by atoms with van der Waals surface area (Å²) in [4.78, 5) is 11.1. The topological polar surface area (TPSA) is 66.8 Å². The van der Waals surface area contributed by atoms with Crippen LogP contribution in [0.1, 0.15) is 18.6 Å². The fraction of sp³-hybridized carbons (Fsp3) is 0.364. The zero-order valence-corrected chi connectivity index (χ0v) is 8.46. The molecule has 0 aromatic heterocycles. The summed E-state index contributed by atoms with van der Waals surface area (Å²) in [5.41, 5.74) is 0.484. The zero-order valence-electron chi connectivity index (χ0n) is 8.46. The molecule has 0 bridgehead atoms. The van der Waals surface area contributed by atoms with E-state index in [1.807, 2.05) is 0 Å². The Morgan fingerprint density at radius 2 is 1.93 bits per heavy atom. The molecule has 15 heavy (non-hydrogen) atoms. The highest BCUT2D eigenvalue weighted by Crippen LogP contribution is 2.17. The van der Waals surface area contributed by atoms with Gasteiger partial charge < -0.3 is 14.9 Å². The van der Waals surface area contributed by atoms with Crippen molar-refractivity contribution in [3.05, 3.63) is 35.9 Å². The number of rotatable bonds is 4. The molecule has 1 rings (SSSR count). The molecule has 2 unspecified atom stereocenters. The van der Waals surface area contributed by atoms with Crippen LogP contribution in [0.5, 0.6) is 0 Å². The molecule has 0 radical (unpaired) electrons. The molecule has 0 aliphatic carbocycles. The summed E-state index contributed by atoms with van der Waals surface area (Å²) in [6, 6.07) is 8.49. The highest BCUT2D eigenvalue weighted by Gasteiger charge is 2.26. The lowest BCUT2D eigenvalue weighted by atomic mass is 10.0. The number of aliphatic hydroxyl groups is 2. The van der Waals surface area contributed by atoms with Gasteiger partial charge in [-0.1, -0.05) is 30.3 Å².